The number of carbonyl (C=O) groups is 1. The number of thioether (sulfide) groups is 1. The van der Waals surface area contributed by atoms with E-state index in [0.29, 0.717) is 17.2 Å². The monoisotopic (exact) mass is 323 g/mol. The first-order valence-electron chi connectivity index (χ1n) is 7.04. The van der Waals surface area contributed by atoms with Crippen molar-refractivity contribution in [1.82, 2.24) is 4.90 Å². The Balaban J connectivity index is 2.17. The van der Waals surface area contributed by atoms with Gasteiger partial charge in [-0.2, -0.15) is 11.8 Å². The van der Waals surface area contributed by atoms with Crippen LogP contribution >= 0.6 is 11.8 Å². The van der Waals surface area contributed by atoms with Crippen LogP contribution in [0.2, 0.25) is 0 Å². The lowest BCUT2D eigenvalue weighted by Crippen LogP contribution is -2.36. The quantitative estimate of drug-likeness (QED) is 0.778. The number of amides is 1. The third-order valence-electron chi connectivity index (χ3n) is 3.43. The Hall–Kier alpha value is -1.82. The highest BCUT2D eigenvalue weighted by atomic mass is 32.2. The summed E-state index contributed by atoms with van der Waals surface area (Å²) in [5, 5.41) is 0. The van der Waals surface area contributed by atoms with Crippen LogP contribution in [0.1, 0.15) is 5.56 Å². The number of rotatable bonds is 5. The van der Waals surface area contributed by atoms with Gasteiger partial charge in [0.2, 0.25) is 11.7 Å². The Labute approximate surface area is 135 Å². The van der Waals surface area contributed by atoms with Crippen molar-refractivity contribution in [1.29, 1.82) is 0 Å². The first-order chi connectivity index (χ1) is 10.7. The van der Waals surface area contributed by atoms with E-state index in [4.69, 9.17) is 14.2 Å². The van der Waals surface area contributed by atoms with Crippen molar-refractivity contribution in [3.63, 3.8) is 0 Å². The van der Waals surface area contributed by atoms with Crippen LogP contribution < -0.4 is 14.2 Å². The number of hydrogen-bond donors (Lipinski definition) is 0. The summed E-state index contributed by atoms with van der Waals surface area (Å²) < 4.78 is 15.9. The van der Waals surface area contributed by atoms with E-state index >= 15 is 0 Å². The second-order valence-corrected chi connectivity index (χ2v) is 5.95. The molecule has 1 aromatic rings. The molecule has 0 aromatic heterocycles. The average molecular weight is 323 g/mol. The predicted octanol–water partition coefficient (Wildman–Crippen LogP) is 2.30. The predicted molar refractivity (Wildman–Crippen MR) is 89.0 cm³/mol. The molecule has 0 saturated carbocycles. The average Bonchev–Trinajstić information content (AvgIpc) is 2.59. The highest BCUT2D eigenvalue weighted by molar-refractivity contribution is 7.99. The van der Waals surface area contributed by atoms with Crippen LogP contribution in [-0.4, -0.2) is 56.7 Å². The number of hydrogen-bond acceptors (Lipinski definition) is 5. The van der Waals surface area contributed by atoms with E-state index in [0.717, 1.165) is 30.2 Å². The topological polar surface area (TPSA) is 48.0 Å². The van der Waals surface area contributed by atoms with E-state index in [-0.39, 0.29) is 5.91 Å². The van der Waals surface area contributed by atoms with E-state index < -0.39 is 0 Å². The summed E-state index contributed by atoms with van der Waals surface area (Å²) >= 11 is 1.88. The molecule has 22 heavy (non-hydrogen) atoms. The fourth-order valence-corrected chi connectivity index (χ4v) is 3.16. The van der Waals surface area contributed by atoms with Crippen molar-refractivity contribution in [2.75, 3.05) is 45.9 Å². The van der Waals surface area contributed by atoms with Gasteiger partial charge in [0.25, 0.3) is 0 Å². The minimum atomic E-state index is 0.0362. The molecule has 0 aliphatic carbocycles. The minimum absolute atomic E-state index is 0.0362. The molecule has 1 amide bonds. The second-order valence-electron chi connectivity index (χ2n) is 4.73. The van der Waals surface area contributed by atoms with Gasteiger partial charge in [-0.3, -0.25) is 4.79 Å². The summed E-state index contributed by atoms with van der Waals surface area (Å²) in [5.41, 5.74) is 0.828. The summed E-state index contributed by atoms with van der Waals surface area (Å²) in [5.74, 6) is 3.73. The Bertz CT molecular complexity index is 528. The first-order valence-corrected chi connectivity index (χ1v) is 8.19. The van der Waals surface area contributed by atoms with Gasteiger partial charge < -0.3 is 19.1 Å². The molecule has 1 aromatic carbocycles. The van der Waals surface area contributed by atoms with Gasteiger partial charge in [-0.1, -0.05) is 0 Å². The summed E-state index contributed by atoms with van der Waals surface area (Å²) in [4.78, 5) is 14.0. The summed E-state index contributed by atoms with van der Waals surface area (Å²) in [7, 11) is 4.70. The summed E-state index contributed by atoms with van der Waals surface area (Å²) in [6, 6.07) is 3.63. The Morgan fingerprint density at radius 1 is 1.09 bits per heavy atom. The van der Waals surface area contributed by atoms with Crippen LogP contribution in [0.3, 0.4) is 0 Å². The fraction of sp³-hybridized carbons (Fsp3) is 0.438. The van der Waals surface area contributed by atoms with E-state index in [1.165, 1.54) is 0 Å². The van der Waals surface area contributed by atoms with Gasteiger partial charge in [0.05, 0.1) is 21.3 Å². The summed E-state index contributed by atoms with van der Waals surface area (Å²) in [6.45, 7) is 1.62. The Morgan fingerprint density at radius 3 is 2.18 bits per heavy atom. The van der Waals surface area contributed by atoms with Gasteiger partial charge in [0.15, 0.2) is 11.5 Å². The standard InChI is InChI=1S/C16H21NO4S/c1-19-13-10-12(11-14(20-2)16(13)21-3)4-5-15(18)17-6-8-22-9-7-17/h4-5,10-11H,6-9H2,1-3H3/b5-4+. The number of carbonyl (C=O) groups excluding carboxylic acids is 1. The molecule has 0 radical (unpaired) electrons. The zero-order valence-corrected chi connectivity index (χ0v) is 13.9. The number of benzene rings is 1. The molecule has 1 aliphatic rings. The van der Waals surface area contributed by atoms with Crippen molar-refractivity contribution in [3.8, 4) is 17.2 Å². The van der Waals surface area contributed by atoms with E-state index in [2.05, 4.69) is 0 Å². The molecule has 0 spiro atoms. The smallest absolute Gasteiger partial charge is 0.246 e. The zero-order valence-electron chi connectivity index (χ0n) is 13.1. The molecule has 0 atom stereocenters. The summed E-state index contributed by atoms with van der Waals surface area (Å²) in [6.07, 6.45) is 3.37. The fourth-order valence-electron chi connectivity index (χ4n) is 2.25. The molecule has 5 nitrogen and oxygen atoms in total. The van der Waals surface area contributed by atoms with Crippen LogP contribution in [0.4, 0.5) is 0 Å². The highest BCUT2D eigenvalue weighted by Crippen LogP contribution is 2.38. The van der Waals surface area contributed by atoms with Crippen LogP contribution in [0, 0.1) is 0 Å². The lowest BCUT2D eigenvalue weighted by Gasteiger charge is -2.25. The molecule has 1 saturated heterocycles. The van der Waals surface area contributed by atoms with Crippen LogP contribution in [0.25, 0.3) is 6.08 Å². The lowest BCUT2D eigenvalue weighted by molar-refractivity contribution is -0.125. The normalized spacial score (nSPS) is 15.0. The van der Waals surface area contributed by atoms with Gasteiger partial charge in [-0.05, 0) is 23.8 Å². The van der Waals surface area contributed by atoms with Crippen molar-refractivity contribution < 1.29 is 19.0 Å². The van der Waals surface area contributed by atoms with Gasteiger partial charge in [-0.15, -0.1) is 0 Å². The van der Waals surface area contributed by atoms with Gasteiger partial charge in [0.1, 0.15) is 0 Å². The molecule has 0 N–H and O–H groups in total. The van der Waals surface area contributed by atoms with Crippen molar-refractivity contribution in [3.05, 3.63) is 23.8 Å². The third kappa shape index (κ3) is 3.88. The molecule has 6 heteroatoms. The molecule has 1 fully saturated rings. The number of methoxy groups -OCH3 is 3. The zero-order chi connectivity index (χ0) is 15.9. The van der Waals surface area contributed by atoms with Gasteiger partial charge in [0, 0.05) is 30.7 Å². The lowest BCUT2D eigenvalue weighted by atomic mass is 10.1. The molecule has 2 rings (SSSR count). The molecule has 120 valence electrons. The van der Waals surface area contributed by atoms with Crippen molar-refractivity contribution >= 4 is 23.7 Å². The molecule has 0 bridgehead atoms. The maximum Gasteiger partial charge on any atom is 0.246 e. The van der Waals surface area contributed by atoms with Crippen molar-refractivity contribution in [2.45, 2.75) is 0 Å². The van der Waals surface area contributed by atoms with Crippen molar-refractivity contribution in [2.24, 2.45) is 0 Å². The maximum absolute atomic E-state index is 12.1. The first kappa shape index (κ1) is 16.5. The Kier molecular flexibility index (Phi) is 6.00. The Morgan fingerprint density at radius 2 is 1.68 bits per heavy atom. The van der Waals surface area contributed by atoms with E-state index in [1.54, 1.807) is 33.5 Å². The SMILES string of the molecule is COc1cc(/C=C/C(=O)N2CCSCC2)cc(OC)c1OC. The molecule has 1 heterocycles. The van der Waals surface area contributed by atoms with Gasteiger partial charge >= 0.3 is 0 Å². The molecule has 1 aliphatic heterocycles. The third-order valence-corrected chi connectivity index (χ3v) is 4.37. The molecule has 0 unspecified atom stereocenters. The molecular formula is C16H21NO4S. The highest BCUT2D eigenvalue weighted by Gasteiger charge is 2.15. The molecular weight excluding hydrogens is 302 g/mol. The minimum Gasteiger partial charge on any atom is -0.493 e. The largest absolute Gasteiger partial charge is 0.493 e. The van der Waals surface area contributed by atoms with Crippen LogP contribution in [-0.2, 0) is 4.79 Å². The van der Waals surface area contributed by atoms with Gasteiger partial charge in [-0.25, -0.2) is 0 Å². The number of ether oxygens (including phenoxy) is 3. The van der Waals surface area contributed by atoms with E-state index in [9.17, 15) is 4.79 Å². The number of nitrogens with zero attached hydrogens (tertiary/aromatic N) is 1. The van der Waals surface area contributed by atoms with Crippen LogP contribution in [0.15, 0.2) is 18.2 Å². The second kappa shape index (κ2) is 7.98. The maximum atomic E-state index is 12.1. The van der Waals surface area contributed by atoms with Crippen LogP contribution in [0.5, 0.6) is 17.2 Å². The van der Waals surface area contributed by atoms with E-state index in [1.807, 2.05) is 28.8 Å².